The van der Waals surface area contributed by atoms with E-state index in [-0.39, 0.29) is 33.5 Å². The zero-order valence-corrected chi connectivity index (χ0v) is 16.5. The van der Waals surface area contributed by atoms with Crippen molar-refractivity contribution in [1.82, 2.24) is 9.69 Å². The van der Waals surface area contributed by atoms with Gasteiger partial charge in [-0.25, -0.2) is 18.4 Å². The van der Waals surface area contributed by atoms with Gasteiger partial charge in [-0.15, -0.1) is 0 Å². The minimum absolute atomic E-state index is 0.0169. The number of hydrogen-bond donors (Lipinski definition) is 3. The molecule has 1 aromatic carbocycles. The average Bonchev–Trinajstić information content (AvgIpc) is 3.02. The first-order valence-corrected chi connectivity index (χ1v) is 9.37. The van der Waals surface area contributed by atoms with Crippen molar-refractivity contribution in [2.75, 3.05) is 11.9 Å². The van der Waals surface area contributed by atoms with Crippen molar-refractivity contribution in [2.45, 2.75) is 33.8 Å². The van der Waals surface area contributed by atoms with Gasteiger partial charge in [-0.2, -0.15) is 4.37 Å². The van der Waals surface area contributed by atoms with Crippen molar-refractivity contribution in [1.29, 1.82) is 0 Å². The van der Waals surface area contributed by atoms with Gasteiger partial charge in [0.1, 0.15) is 23.2 Å². The summed E-state index contributed by atoms with van der Waals surface area (Å²) in [7, 11) is 0. The number of anilines is 1. The van der Waals surface area contributed by atoms with Gasteiger partial charge >= 0.3 is 12.0 Å². The third-order valence-electron chi connectivity index (χ3n) is 3.73. The first-order valence-electron chi connectivity index (χ1n) is 8.60. The summed E-state index contributed by atoms with van der Waals surface area (Å²) in [5.41, 5.74) is -0.181. The molecule has 2 aromatic rings. The van der Waals surface area contributed by atoms with Crippen LogP contribution in [-0.4, -0.2) is 28.0 Å². The standard InChI is InChI=1S/C18H21F2N3O4S/c1-4-10-5-13(20)11(6-12(10)19)8-27-15-14(17(24)25)16(28-23-15)22-18(26)21-7-9(2)3/h5-6,9H,4,7-8H2,1-3H3,(H,24,25)(H2,21,22,26). The fraction of sp³-hybridized carbons (Fsp3) is 0.389. The van der Waals surface area contributed by atoms with Crippen LogP contribution in [0.25, 0.3) is 0 Å². The summed E-state index contributed by atoms with van der Waals surface area (Å²) in [5, 5.41) is 14.4. The Morgan fingerprint density at radius 3 is 2.50 bits per heavy atom. The van der Waals surface area contributed by atoms with Crippen LogP contribution in [0.5, 0.6) is 5.88 Å². The first kappa shape index (κ1) is 21.5. The minimum atomic E-state index is -1.36. The van der Waals surface area contributed by atoms with E-state index in [4.69, 9.17) is 4.74 Å². The number of carboxylic acid groups (broad SMARTS) is 1. The molecule has 0 saturated heterocycles. The van der Waals surface area contributed by atoms with E-state index in [0.29, 0.717) is 13.0 Å². The van der Waals surface area contributed by atoms with Crippen molar-refractivity contribution in [3.05, 3.63) is 40.5 Å². The highest BCUT2D eigenvalue weighted by atomic mass is 32.1. The van der Waals surface area contributed by atoms with Gasteiger partial charge in [-0.05, 0) is 41.6 Å². The number of carbonyl (C=O) groups is 2. The molecule has 0 unspecified atom stereocenters. The van der Waals surface area contributed by atoms with Crippen molar-refractivity contribution >= 4 is 28.5 Å². The average molecular weight is 413 g/mol. The molecule has 2 rings (SSSR count). The molecular formula is C18H21F2N3O4S. The van der Waals surface area contributed by atoms with E-state index in [9.17, 15) is 23.5 Å². The highest BCUT2D eigenvalue weighted by molar-refractivity contribution is 7.11. The molecule has 0 saturated carbocycles. The Bertz CT molecular complexity index is 871. The molecule has 0 aliphatic heterocycles. The first-order chi connectivity index (χ1) is 13.2. The van der Waals surface area contributed by atoms with E-state index in [1.165, 1.54) is 0 Å². The molecule has 0 bridgehead atoms. The number of carboxylic acids is 1. The highest BCUT2D eigenvalue weighted by Crippen LogP contribution is 2.31. The lowest BCUT2D eigenvalue weighted by Crippen LogP contribution is -2.31. The molecule has 0 radical (unpaired) electrons. The maximum absolute atomic E-state index is 14.1. The second-order valence-corrected chi connectivity index (χ2v) is 7.18. The Kier molecular flexibility index (Phi) is 7.27. The molecule has 28 heavy (non-hydrogen) atoms. The molecule has 0 atom stereocenters. The van der Waals surface area contributed by atoms with Gasteiger partial charge in [0, 0.05) is 12.1 Å². The van der Waals surface area contributed by atoms with E-state index < -0.39 is 30.2 Å². The van der Waals surface area contributed by atoms with Crippen LogP contribution in [0.1, 0.15) is 42.3 Å². The predicted molar refractivity (Wildman–Crippen MR) is 101 cm³/mol. The van der Waals surface area contributed by atoms with Crippen LogP contribution in [-0.2, 0) is 13.0 Å². The Morgan fingerprint density at radius 1 is 1.25 bits per heavy atom. The van der Waals surface area contributed by atoms with Gasteiger partial charge in [-0.3, -0.25) is 5.32 Å². The minimum Gasteiger partial charge on any atom is -0.477 e. The summed E-state index contributed by atoms with van der Waals surface area (Å²) in [6.07, 6.45) is 0.340. The number of aromatic carboxylic acids is 1. The molecule has 1 aromatic heterocycles. The van der Waals surface area contributed by atoms with Crippen LogP contribution in [0.4, 0.5) is 18.6 Å². The maximum Gasteiger partial charge on any atom is 0.344 e. The van der Waals surface area contributed by atoms with E-state index >= 15 is 0 Å². The molecule has 0 aliphatic carbocycles. The number of halogens is 2. The number of amides is 2. The number of urea groups is 1. The summed E-state index contributed by atoms with van der Waals surface area (Å²) < 4.78 is 37.1. The smallest absolute Gasteiger partial charge is 0.344 e. The Morgan fingerprint density at radius 2 is 1.89 bits per heavy atom. The van der Waals surface area contributed by atoms with Gasteiger partial charge in [0.15, 0.2) is 5.56 Å². The van der Waals surface area contributed by atoms with Crippen LogP contribution in [0.3, 0.4) is 0 Å². The summed E-state index contributed by atoms with van der Waals surface area (Å²) in [6.45, 7) is 5.53. The quantitative estimate of drug-likeness (QED) is 0.606. The third kappa shape index (κ3) is 5.38. The van der Waals surface area contributed by atoms with Gasteiger partial charge in [0.05, 0.1) is 0 Å². The number of benzene rings is 1. The molecule has 2 amide bonds. The molecule has 7 nitrogen and oxygen atoms in total. The van der Waals surface area contributed by atoms with Crippen molar-refractivity contribution in [2.24, 2.45) is 5.92 Å². The number of nitrogens with one attached hydrogen (secondary N) is 2. The van der Waals surface area contributed by atoms with E-state index in [1.807, 2.05) is 13.8 Å². The molecule has 152 valence electrons. The normalized spacial score (nSPS) is 10.8. The highest BCUT2D eigenvalue weighted by Gasteiger charge is 2.24. The molecule has 10 heteroatoms. The second kappa shape index (κ2) is 9.45. The number of nitrogens with zero attached hydrogens (tertiary/aromatic N) is 1. The zero-order chi connectivity index (χ0) is 20.8. The SMILES string of the molecule is CCc1cc(F)c(COc2nsc(NC(=O)NCC(C)C)c2C(=O)O)cc1F. The predicted octanol–water partition coefficient (Wildman–Crippen LogP) is 4.04. The van der Waals surface area contributed by atoms with Crippen LogP contribution in [0.2, 0.25) is 0 Å². The summed E-state index contributed by atoms with van der Waals surface area (Å²) in [6, 6.07) is 1.52. The van der Waals surface area contributed by atoms with Gasteiger partial charge in [0.2, 0.25) is 5.88 Å². The van der Waals surface area contributed by atoms with E-state index in [2.05, 4.69) is 15.0 Å². The number of aryl methyl sites for hydroxylation is 1. The van der Waals surface area contributed by atoms with E-state index in [0.717, 1.165) is 23.7 Å². The number of rotatable bonds is 8. The Balaban J connectivity index is 2.14. The molecule has 1 heterocycles. The van der Waals surface area contributed by atoms with E-state index in [1.54, 1.807) is 6.92 Å². The fourth-order valence-electron chi connectivity index (χ4n) is 2.25. The lowest BCUT2D eigenvalue weighted by Gasteiger charge is -2.09. The molecule has 0 fully saturated rings. The molecular weight excluding hydrogens is 392 g/mol. The number of carbonyl (C=O) groups excluding carboxylic acids is 1. The molecule has 0 spiro atoms. The van der Waals surface area contributed by atoms with Crippen LogP contribution < -0.4 is 15.4 Å². The topological polar surface area (TPSA) is 101 Å². The fourth-order valence-corrected chi connectivity index (χ4v) is 2.97. The van der Waals surface area contributed by atoms with Crippen molar-refractivity contribution in [3.8, 4) is 5.88 Å². The van der Waals surface area contributed by atoms with Gasteiger partial charge in [-0.1, -0.05) is 20.8 Å². The monoisotopic (exact) mass is 413 g/mol. The van der Waals surface area contributed by atoms with Crippen molar-refractivity contribution < 1.29 is 28.2 Å². The summed E-state index contributed by atoms with van der Waals surface area (Å²) in [5.74, 6) is -2.65. The Labute approximate surface area is 164 Å². The van der Waals surface area contributed by atoms with Crippen LogP contribution in [0.15, 0.2) is 12.1 Å². The lowest BCUT2D eigenvalue weighted by atomic mass is 10.1. The number of hydrogen-bond acceptors (Lipinski definition) is 5. The number of ether oxygens (including phenoxy) is 1. The Hall–Kier alpha value is -2.75. The third-order valence-corrected chi connectivity index (χ3v) is 4.48. The second-order valence-electron chi connectivity index (χ2n) is 6.40. The van der Waals surface area contributed by atoms with Crippen LogP contribution in [0, 0.1) is 17.6 Å². The van der Waals surface area contributed by atoms with Gasteiger partial charge < -0.3 is 15.2 Å². The molecule has 0 aliphatic rings. The zero-order valence-electron chi connectivity index (χ0n) is 15.6. The summed E-state index contributed by atoms with van der Waals surface area (Å²) in [4.78, 5) is 23.4. The lowest BCUT2D eigenvalue weighted by molar-refractivity contribution is 0.0693. The maximum atomic E-state index is 14.1. The van der Waals surface area contributed by atoms with Crippen LogP contribution >= 0.6 is 11.5 Å². The summed E-state index contributed by atoms with van der Waals surface area (Å²) >= 11 is 0.720. The van der Waals surface area contributed by atoms with Crippen molar-refractivity contribution in [3.63, 3.8) is 0 Å². The largest absolute Gasteiger partial charge is 0.477 e. The van der Waals surface area contributed by atoms with Gasteiger partial charge in [0.25, 0.3) is 0 Å². The molecule has 3 N–H and O–H groups in total. The number of aromatic nitrogens is 1.